The quantitative estimate of drug-likeness (QED) is 0.545. The molecule has 1 N–H and O–H groups in total. The van der Waals surface area contributed by atoms with Crippen molar-refractivity contribution in [2.45, 2.75) is 26.2 Å². The van der Waals surface area contributed by atoms with Crippen molar-refractivity contribution in [3.63, 3.8) is 0 Å². The Morgan fingerprint density at radius 3 is 2.74 bits per heavy atom. The second-order valence-corrected chi connectivity index (χ2v) is 7.77. The normalized spacial score (nSPS) is 13.7. The lowest BCUT2D eigenvalue weighted by Crippen LogP contribution is -2.13. The first kappa shape index (κ1) is 16.2. The van der Waals surface area contributed by atoms with E-state index in [0.29, 0.717) is 17.8 Å². The van der Waals surface area contributed by atoms with Crippen LogP contribution in [0.2, 0.25) is 0 Å². The lowest BCUT2D eigenvalue weighted by atomic mass is 9.96. The molecule has 1 aliphatic rings. The highest BCUT2D eigenvalue weighted by Gasteiger charge is 2.29. The molecule has 1 aliphatic carbocycles. The van der Waals surface area contributed by atoms with E-state index in [9.17, 15) is 4.79 Å². The maximum Gasteiger partial charge on any atom is 0.211 e. The van der Waals surface area contributed by atoms with Gasteiger partial charge in [0, 0.05) is 12.1 Å². The molecule has 2 heterocycles. The minimum Gasteiger partial charge on any atom is -0.338 e. The van der Waals surface area contributed by atoms with Crippen molar-refractivity contribution in [2.24, 2.45) is 0 Å². The molecule has 4 aromatic rings. The second-order valence-electron chi connectivity index (χ2n) is 6.76. The molecule has 0 bridgehead atoms. The highest BCUT2D eigenvalue weighted by molar-refractivity contribution is 7.20. The summed E-state index contributed by atoms with van der Waals surface area (Å²) in [5.74, 6) is 0.781. The maximum absolute atomic E-state index is 12.7. The number of carbonyl (C=O) groups excluding carboxylic acids is 1. The summed E-state index contributed by atoms with van der Waals surface area (Å²) in [4.78, 5) is 17.4. The van der Waals surface area contributed by atoms with Crippen molar-refractivity contribution < 1.29 is 4.79 Å². The number of nitrogens with zero attached hydrogens (tertiary/aromatic N) is 3. The number of anilines is 2. The zero-order chi connectivity index (χ0) is 18.4. The minimum absolute atomic E-state index is 0.152. The fraction of sp³-hybridized carbons (Fsp3) is 0.190. The number of nitrogens with one attached hydrogen (secondary N) is 1. The van der Waals surface area contributed by atoms with Crippen molar-refractivity contribution in [1.82, 2.24) is 14.8 Å². The van der Waals surface area contributed by atoms with Crippen LogP contribution >= 0.6 is 11.3 Å². The molecule has 0 unspecified atom stereocenters. The average molecular weight is 374 g/mol. The van der Waals surface area contributed by atoms with E-state index in [1.54, 1.807) is 11.3 Å². The number of para-hydroxylation sites is 2. The van der Waals surface area contributed by atoms with Crippen molar-refractivity contribution in [3.05, 3.63) is 65.4 Å². The minimum atomic E-state index is 0.152. The van der Waals surface area contributed by atoms with Gasteiger partial charge in [0.15, 0.2) is 11.6 Å². The van der Waals surface area contributed by atoms with Crippen LogP contribution in [0.15, 0.2) is 48.5 Å². The van der Waals surface area contributed by atoms with Gasteiger partial charge in [0.2, 0.25) is 5.13 Å². The molecule has 5 nitrogen and oxygen atoms in total. The first-order chi connectivity index (χ1) is 13.2. The van der Waals surface area contributed by atoms with Gasteiger partial charge in [-0.15, -0.1) is 5.10 Å². The van der Waals surface area contributed by atoms with Gasteiger partial charge in [0.05, 0.1) is 21.5 Å². The third kappa shape index (κ3) is 2.73. The van der Waals surface area contributed by atoms with Gasteiger partial charge < -0.3 is 5.32 Å². The first-order valence-corrected chi connectivity index (χ1v) is 9.86. The number of ketones is 1. The Kier molecular flexibility index (Phi) is 3.79. The van der Waals surface area contributed by atoms with Gasteiger partial charge in [-0.05, 0) is 43.5 Å². The molecule has 6 heteroatoms. The molecular weight excluding hydrogens is 356 g/mol. The third-order valence-corrected chi connectivity index (χ3v) is 5.95. The number of carbonyl (C=O) groups is 1. The Balaban J connectivity index is 1.66. The molecule has 0 saturated heterocycles. The third-order valence-electron chi connectivity index (χ3n) is 4.94. The van der Waals surface area contributed by atoms with Crippen LogP contribution < -0.4 is 5.32 Å². The van der Waals surface area contributed by atoms with Crippen molar-refractivity contribution in [1.29, 1.82) is 0 Å². The van der Waals surface area contributed by atoms with Gasteiger partial charge in [-0.2, -0.15) is 0 Å². The van der Waals surface area contributed by atoms with Gasteiger partial charge in [0.25, 0.3) is 0 Å². The summed E-state index contributed by atoms with van der Waals surface area (Å²) >= 11 is 1.60. The smallest absolute Gasteiger partial charge is 0.211 e. The van der Waals surface area contributed by atoms with Crippen LogP contribution in [0.5, 0.6) is 0 Å². The number of fused-ring (bicyclic) bond motifs is 2. The van der Waals surface area contributed by atoms with Gasteiger partial charge in [0.1, 0.15) is 0 Å². The number of benzene rings is 2. The number of Topliss-reactive ketones (excluding diaryl/α,β-unsaturated/α-hetero) is 1. The summed E-state index contributed by atoms with van der Waals surface area (Å²) in [5.41, 5.74) is 4.71. The fourth-order valence-corrected chi connectivity index (χ4v) is 4.50. The summed E-state index contributed by atoms with van der Waals surface area (Å²) in [6, 6.07) is 16.1. The number of hydrogen-bond donors (Lipinski definition) is 1. The summed E-state index contributed by atoms with van der Waals surface area (Å²) in [6.07, 6.45) is 2.26. The summed E-state index contributed by atoms with van der Waals surface area (Å²) < 4.78 is 2.98. The molecule has 0 spiro atoms. The van der Waals surface area contributed by atoms with E-state index >= 15 is 0 Å². The summed E-state index contributed by atoms with van der Waals surface area (Å²) in [5, 5.41) is 8.96. The number of rotatable bonds is 3. The van der Waals surface area contributed by atoms with Gasteiger partial charge in [-0.3, -0.25) is 4.79 Å². The van der Waals surface area contributed by atoms with Crippen LogP contribution in [0.25, 0.3) is 15.3 Å². The predicted molar refractivity (Wildman–Crippen MR) is 108 cm³/mol. The molecule has 0 atom stereocenters. The van der Waals surface area contributed by atoms with Crippen LogP contribution in [0.4, 0.5) is 11.5 Å². The van der Waals surface area contributed by atoms with Crippen LogP contribution in [-0.2, 0) is 6.42 Å². The Hall–Kier alpha value is -2.99. The summed E-state index contributed by atoms with van der Waals surface area (Å²) in [7, 11) is 0. The second kappa shape index (κ2) is 6.32. The van der Waals surface area contributed by atoms with Crippen molar-refractivity contribution >= 4 is 38.8 Å². The average Bonchev–Trinajstić information content (AvgIpc) is 3.26. The lowest BCUT2D eigenvalue weighted by molar-refractivity contribution is 0.0973. The summed E-state index contributed by atoms with van der Waals surface area (Å²) in [6.45, 7) is 2.04. The van der Waals surface area contributed by atoms with Crippen molar-refractivity contribution in [2.75, 3.05) is 5.32 Å². The van der Waals surface area contributed by atoms with Crippen LogP contribution in [0.1, 0.15) is 34.5 Å². The highest BCUT2D eigenvalue weighted by Crippen LogP contribution is 2.34. The molecule has 27 heavy (non-hydrogen) atoms. The molecule has 0 amide bonds. The van der Waals surface area contributed by atoms with E-state index in [2.05, 4.69) is 11.4 Å². The van der Waals surface area contributed by atoms with Crippen LogP contribution in [0, 0.1) is 6.92 Å². The lowest BCUT2D eigenvalue weighted by Gasteiger charge is -2.13. The largest absolute Gasteiger partial charge is 0.338 e. The molecule has 2 aromatic heterocycles. The zero-order valence-electron chi connectivity index (χ0n) is 14.9. The van der Waals surface area contributed by atoms with Crippen LogP contribution in [0.3, 0.4) is 0 Å². The van der Waals surface area contributed by atoms with Crippen molar-refractivity contribution in [3.8, 4) is 5.13 Å². The monoisotopic (exact) mass is 374 g/mol. The predicted octanol–water partition coefficient (Wildman–Crippen LogP) is 5.05. The number of hydrogen-bond acceptors (Lipinski definition) is 5. The van der Waals surface area contributed by atoms with Gasteiger partial charge in [-0.1, -0.05) is 41.7 Å². The Bertz CT molecular complexity index is 1140. The fourth-order valence-electron chi connectivity index (χ4n) is 3.56. The molecule has 5 rings (SSSR count). The van der Waals surface area contributed by atoms with E-state index in [4.69, 9.17) is 10.1 Å². The molecule has 134 valence electrons. The van der Waals surface area contributed by atoms with Gasteiger partial charge >= 0.3 is 0 Å². The number of aryl methyl sites for hydroxylation is 1. The van der Waals surface area contributed by atoms with E-state index in [-0.39, 0.29) is 5.78 Å². The van der Waals surface area contributed by atoms with E-state index in [0.717, 1.165) is 45.1 Å². The maximum atomic E-state index is 12.7. The Labute approximate surface area is 160 Å². The molecule has 0 radical (unpaired) electrons. The molecule has 0 saturated carbocycles. The topological polar surface area (TPSA) is 59.8 Å². The first-order valence-electron chi connectivity index (χ1n) is 9.04. The van der Waals surface area contributed by atoms with Crippen LogP contribution in [-0.4, -0.2) is 20.5 Å². The van der Waals surface area contributed by atoms with Gasteiger partial charge in [-0.25, -0.2) is 9.67 Å². The Morgan fingerprint density at radius 2 is 1.89 bits per heavy atom. The van der Waals surface area contributed by atoms with E-state index in [1.165, 1.54) is 0 Å². The zero-order valence-corrected chi connectivity index (χ0v) is 15.7. The molecule has 0 fully saturated rings. The standard InChI is InChI=1S/C21H18N4OS/c1-13-7-2-3-8-14(13)22-20-19-16(10-6-11-17(19)26)25(24-20)21-23-15-9-4-5-12-18(15)27-21/h2-5,7-9,12H,6,10-11H2,1H3,(H,22,24). The Morgan fingerprint density at radius 1 is 1.07 bits per heavy atom. The van der Waals surface area contributed by atoms with E-state index < -0.39 is 0 Å². The number of thiazole rings is 1. The number of aromatic nitrogens is 3. The highest BCUT2D eigenvalue weighted by atomic mass is 32.1. The molecular formula is C21H18N4OS. The SMILES string of the molecule is Cc1ccccc1Nc1nn(-c2nc3ccccc3s2)c2c1C(=O)CCC2. The van der Waals surface area contributed by atoms with E-state index in [1.807, 2.05) is 54.1 Å². The molecule has 2 aromatic carbocycles. The molecule has 0 aliphatic heterocycles.